The zero-order chi connectivity index (χ0) is 32.6. The second kappa shape index (κ2) is 21.3. The van der Waals surface area contributed by atoms with Crippen molar-refractivity contribution in [3.63, 3.8) is 0 Å². The Morgan fingerprint density at radius 3 is 2.06 bits per heavy atom. The molecule has 0 bridgehead atoms. The standard InChI is InChI=1S/C40H56F2NO3.BrH/c1-4-6-8-10-12-13-14-15-17-19-38-36-28-35(31-23-26-45-30-31)39(44-3)40(46-25-18-16-11-9-7-5-2)34(36)22-24-43(38)29-32-27-33(41)20-21-37(32)42;/h20-21,23,26-28,30H,4-19,22,24-25,29H2,1-3H3;1H/q+1;/p-1. The van der Waals surface area contributed by atoms with Crippen LogP contribution in [0.15, 0.2) is 47.3 Å². The Morgan fingerprint density at radius 2 is 1.43 bits per heavy atom. The lowest BCUT2D eigenvalue weighted by Crippen LogP contribution is -3.00. The van der Waals surface area contributed by atoms with E-state index in [0.717, 1.165) is 72.3 Å². The minimum Gasteiger partial charge on any atom is -1.00 e. The van der Waals surface area contributed by atoms with Gasteiger partial charge in [0.15, 0.2) is 23.8 Å². The average molecular weight is 717 g/mol. The Hall–Kier alpha value is -2.67. The van der Waals surface area contributed by atoms with Crippen molar-refractivity contribution in [1.82, 2.24) is 0 Å². The molecule has 1 aromatic heterocycles. The Kier molecular flexibility index (Phi) is 17.6. The van der Waals surface area contributed by atoms with Gasteiger partial charge in [-0.05, 0) is 43.2 Å². The van der Waals surface area contributed by atoms with Gasteiger partial charge in [0.25, 0.3) is 0 Å². The van der Waals surface area contributed by atoms with E-state index in [0.29, 0.717) is 25.3 Å². The minimum atomic E-state index is -0.411. The number of nitrogens with zero attached hydrogens (tertiary/aromatic N) is 1. The van der Waals surface area contributed by atoms with Crippen molar-refractivity contribution in [2.75, 3.05) is 20.3 Å². The zero-order valence-corrected chi connectivity index (χ0v) is 30.6. The highest BCUT2D eigenvalue weighted by Gasteiger charge is 2.32. The number of methoxy groups -OCH3 is 1. The summed E-state index contributed by atoms with van der Waals surface area (Å²) in [5.41, 5.74) is 5.69. The molecule has 4 rings (SSSR count). The molecule has 2 aromatic carbocycles. The summed E-state index contributed by atoms with van der Waals surface area (Å²) in [4.78, 5) is 0. The second-order valence-corrected chi connectivity index (χ2v) is 12.9. The fourth-order valence-electron chi connectivity index (χ4n) is 6.72. The normalized spacial score (nSPS) is 12.6. The van der Waals surface area contributed by atoms with Crippen molar-refractivity contribution in [2.24, 2.45) is 0 Å². The highest BCUT2D eigenvalue weighted by Crippen LogP contribution is 2.44. The molecule has 0 N–H and O–H groups in total. The predicted molar refractivity (Wildman–Crippen MR) is 184 cm³/mol. The number of rotatable bonds is 22. The fourth-order valence-corrected chi connectivity index (χ4v) is 6.72. The van der Waals surface area contributed by atoms with Crippen LogP contribution in [0, 0.1) is 11.6 Å². The van der Waals surface area contributed by atoms with Crippen LogP contribution in [0.1, 0.15) is 133 Å². The summed E-state index contributed by atoms with van der Waals surface area (Å²) in [5.74, 6) is 0.766. The minimum absolute atomic E-state index is 0. The quantitative estimate of drug-likeness (QED) is 0.0774. The van der Waals surface area contributed by atoms with Gasteiger partial charge in [-0.15, -0.1) is 0 Å². The Labute approximate surface area is 292 Å². The molecule has 3 aromatic rings. The molecule has 0 saturated carbocycles. The maximum atomic E-state index is 14.9. The van der Waals surface area contributed by atoms with Gasteiger partial charge in [0, 0.05) is 35.1 Å². The lowest BCUT2D eigenvalue weighted by molar-refractivity contribution is -0.546. The molecule has 260 valence electrons. The number of fused-ring (bicyclic) bond motifs is 1. The summed E-state index contributed by atoms with van der Waals surface area (Å²) in [5, 5.41) is 0. The molecule has 47 heavy (non-hydrogen) atoms. The molecule has 0 saturated heterocycles. The van der Waals surface area contributed by atoms with Crippen LogP contribution in [0.4, 0.5) is 8.78 Å². The molecule has 7 heteroatoms. The number of benzene rings is 2. The smallest absolute Gasteiger partial charge is 0.184 e. The molecule has 0 radical (unpaired) electrons. The van der Waals surface area contributed by atoms with Gasteiger partial charge < -0.3 is 30.9 Å². The number of furan rings is 1. The summed E-state index contributed by atoms with van der Waals surface area (Å²) in [6, 6.07) is 7.91. The van der Waals surface area contributed by atoms with Gasteiger partial charge in [-0.25, -0.2) is 13.4 Å². The maximum absolute atomic E-state index is 14.9. The van der Waals surface area contributed by atoms with Gasteiger partial charge in [0.05, 0.1) is 31.8 Å². The lowest BCUT2D eigenvalue weighted by atomic mass is 9.88. The van der Waals surface area contributed by atoms with E-state index in [1.165, 1.54) is 94.5 Å². The Morgan fingerprint density at radius 1 is 0.766 bits per heavy atom. The van der Waals surface area contributed by atoms with Crippen molar-refractivity contribution < 1.29 is 44.2 Å². The molecule has 0 spiro atoms. The van der Waals surface area contributed by atoms with Gasteiger partial charge >= 0.3 is 0 Å². The van der Waals surface area contributed by atoms with Crippen LogP contribution in [-0.4, -0.2) is 30.5 Å². The summed E-state index contributed by atoms with van der Waals surface area (Å²) in [7, 11) is 1.71. The topological polar surface area (TPSA) is 34.6 Å². The summed E-state index contributed by atoms with van der Waals surface area (Å²) in [6.07, 6.45) is 23.4. The zero-order valence-electron chi connectivity index (χ0n) is 29.0. The molecule has 4 nitrogen and oxygen atoms in total. The molecule has 0 aliphatic carbocycles. The lowest BCUT2D eigenvalue weighted by Gasteiger charge is -2.25. The number of unbranched alkanes of at least 4 members (excludes halogenated alkanes) is 13. The molecular weight excluding hydrogens is 660 g/mol. The van der Waals surface area contributed by atoms with Gasteiger partial charge in [0.1, 0.15) is 18.2 Å². The first-order valence-electron chi connectivity index (χ1n) is 18.0. The van der Waals surface area contributed by atoms with Crippen LogP contribution in [0.3, 0.4) is 0 Å². The van der Waals surface area contributed by atoms with Crippen LogP contribution < -0.4 is 26.5 Å². The van der Waals surface area contributed by atoms with Crippen molar-refractivity contribution in [3.05, 3.63) is 71.2 Å². The first-order chi connectivity index (χ1) is 22.6. The van der Waals surface area contributed by atoms with E-state index in [1.54, 1.807) is 19.6 Å². The molecule has 2 heterocycles. The van der Waals surface area contributed by atoms with E-state index in [4.69, 9.17) is 13.9 Å². The number of hydrogen-bond donors (Lipinski definition) is 0. The van der Waals surface area contributed by atoms with Gasteiger partial charge in [-0.2, -0.15) is 0 Å². The summed E-state index contributed by atoms with van der Waals surface area (Å²) in [6.45, 7) is 6.16. The molecule has 0 amide bonds. The van der Waals surface area contributed by atoms with E-state index < -0.39 is 5.82 Å². The van der Waals surface area contributed by atoms with Crippen molar-refractivity contribution >= 4 is 5.71 Å². The number of ether oxygens (including phenoxy) is 2. The van der Waals surface area contributed by atoms with Crippen LogP contribution in [0.25, 0.3) is 11.1 Å². The van der Waals surface area contributed by atoms with Crippen LogP contribution >= 0.6 is 0 Å². The highest BCUT2D eigenvalue weighted by atomic mass is 79.9. The third-order valence-electron chi connectivity index (χ3n) is 9.33. The Balaban J connectivity index is 0.00000600. The van der Waals surface area contributed by atoms with Crippen LogP contribution in [-0.2, 0) is 13.0 Å². The van der Waals surface area contributed by atoms with E-state index in [2.05, 4.69) is 24.5 Å². The van der Waals surface area contributed by atoms with Gasteiger partial charge in [-0.1, -0.05) is 97.3 Å². The maximum Gasteiger partial charge on any atom is 0.184 e. The largest absolute Gasteiger partial charge is 1.00 e. The van der Waals surface area contributed by atoms with Gasteiger partial charge in [-0.3, -0.25) is 0 Å². The van der Waals surface area contributed by atoms with Crippen molar-refractivity contribution in [3.8, 4) is 22.6 Å². The first kappa shape index (κ1) is 38.8. The summed E-state index contributed by atoms with van der Waals surface area (Å²) < 4.78 is 49.5. The van der Waals surface area contributed by atoms with Crippen LogP contribution in [0.5, 0.6) is 11.5 Å². The molecule has 1 aliphatic heterocycles. The third kappa shape index (κ3) is 11.5. The molecular formula is C40H56BrF2NO3. The number of halogens is 3. The summed E-state index contributed by atoms with van der Waals surface area (Å²) >= 11 is 0. The third-order valence-corrected chi connectivity index (χ3v) is 9.33. The first-order valence-corrected chi connectivity index (χ1v) is 18.0. The fraction of sp³-hybridized carbons (Fsp3) is 0.575. The second-order valence-electron chi connectivity index (χ2n) is 12.9. The van der Waals surface area contributed by atoms with E-state index in [9.17, 15) is 8.78 Å². The molecule has 0 unspecified atom stereocenters. The van der Waals surface area contributed by atoms with Crippen molar-refractivity contribution in [1.29, 1.82) is 0 Å². The SMILES string of the molecule is CCCCCCCCCCCC1=[N+](Cc2cc(F)ccc2F)CCc2c1cc(-c1ccoc1)c(OC)c2OCCCCCCCC.[Br-]. The average Bonchev–Trinajstić information content (AvgIpc) is 3.60. The Bertz CT molecular complexity index is 1370. The van der Waals surface area contributed by atoms with E-state index >= 15 is 0 Å². The molecule has 0 atom stereocenters. The van der Waals surface area contributed by atoms with Gasteiger partial charge in [0.2, 0.25) is 0 Å². The van der Waals surface area contributed by atoms with E-state index in [-0.39, 0.29) is 22.8 Å². The molecule has 0 fully saturated rings. The number of hydrogen-bond acceptors (Lipinski definition) is 3. The highest BCUT2D eigenvalue weighted by molar-refractivity contribution is 6.01. The molecule has 1 aliphatic rings. The van der Waals surface area contributed by atoms with E-state index in [1.807, 2.05) is 6.07 Å². The predicted octanol–water partition coefficient (Wildman–Crippen LogP) is 8.46. The van der Waals surface area contributed by atoms with Crippen molar-refractivity contribution in [2.45, 2.75) is 130 Å². The van der Waals surface area contributed by atoms with Crippen LogP contribution in [0.2, 0.25) is 0 Å². The monoisotopic (exact) mass is 715 g/mol.